The SMILES string of the molecule is CCC1CC(c2ccccc2)c2ccccc2S(=O)(=O)C1. The minimum atomic E-state index is -3.18. The summed E-state index contributed by atoms with van der Waals surface area (Å²) in [6.07, 6.45) is 1.80. The third-order valence-corrected chi connectivity index (χ3v) is 6.39. The smallest absolute Gasteiger partial charge is 0.178 e. The molecular formula is C18H20O2S. The van der Waals surface area contributed by atoms with E-state index >= 15 is 0 Å². The molecule has 3 heteroatoms. The van der Waals surface area contributed by atoms with E-state index in [0.717, 1.165) is 18.4 Å². The van der Waals surface area contributed by atoms with Crippen LogP contribution in [0.15, 0.2) is 59.5 Å². The van der Waals surface area contributed by atoms with Crippen molar-refractivity contribution in [3.05, 3.63) is 65.7 Å². The van der Waals surface area contributed by atoms with Crippen LogP contribution in [0.5, 0.6) is 0 Å². The van der Waals surface area contributed by atoms with Crippen molar-refractivity contribution in [2.75, 3.05) is 5.75 Å². The molecule has 0 aromatic heterocycles. The summed E-state index contributed by atoms with van der Waals surface area (Å²) in [6.45, 7) is 2.08. The van der Waals surface area contributed by atoms with E-state index in [9.17, 15) is 8.42 Å². The molecule has 21 heavy (non-hydrogen) atoms. The van der Waals surface area contributed by atoms with Gasteiger partial charge in [0.15, 0.2) is 9.84 Å². The molecule has 0 amide bonds. The van der Waals surface area contributed by atoms with Gasteiger partial charge in [0.25, 0.3) is 0 Å². The van der Waals surface area contributed by atoms with Crippen molar-refractivity contribution < 1.29 is 8.42 Å². The lowest BCUT2D eigenvalue weighted by atomic mass is 9.83. The highest BCUT2D eigenvalue weighted by molar-refractivity contribution is 7.91. The molecule has 3 rings (SSSR count). The number of fused-ring (bicyclic) bond motifs is 1. The maximum absolute atomic E-state index is 12.6. The second-order valence-electron chi connectivity index (χ2n) is 5.79. The van der Waals surface area contributed by atoms with Gasteiger partial charge in [-0.2, -0.15) is 0 Å². The van der Waals surface area contributed by atoms with Crippen LogP contribution in [0.4, 0.5) is 0 Å². The monoisotopic (exact) mass is 300 g/mol. The average Bonchev–Trinajstić information content (AvgIpc) is 2.63. The molecule has 0 bridgehead atoms. The van der Waals surface area contributed by atoms with Crippen molar-refractivity contribution in [3.63, 3.8) is 0 Å². The zero-order valence-electron chi connectivity index (χ0n) is 12.2. The summed E-state index contributed by atoms with van der Waals surface area (Å²) in [5.74, 6) is 0.654. The predicted molar refractivity (Wildman–Crippen MR) is 85.2 cm³/mol. The molecule has 0 aliphatic carbocycles. The van der Waals surface area contributed by atoms with Gasteiger partial charge >= 0.3 is 0 Å². The van der Waals surface area contributed by atoms with Gasteiger partial charge in [-0.15, -0.1) is 0 Å². The second kappa shape index (κ2) is 5.64. The Balaban J connectivity index is 2.18. The molecule has 0 spiro atoms. The molecule has 1 heterocycles. The summed E-state index contributed by atoms with van der Waals surface area (Å²) in [7, 11) is -3.18. The van der Waals surface area contributed by atoms with E-state index in [1.54, 1.807) is 6.07 Å². The Kier molecular flexibility index (Phi) is 3.85. The Hall–Kier alpha value is -1.61. The first kappa shape index (κ1) is 14.3. The summed E-state index contributed by atoms with van der Waals surface area (Å²) in [4.78, 5) is 0.523. The van der Waals surface area contributed by atoms with Crippen LogP contribution in [-0.2, 0) is 9.84 Å². The first-order chi connectivity index (χ1) is 10.1. The maximum atomic E-state index is 12.6. The predicted octanol–water partition coefficient (Wildman–Crippen LogP) is 4.02. The molecule has 2 atom stereocenters. The molecular weight excluding hydrogens is 280 g/mol. The molecule has 2 unspecified atom stereocenters. The van der Waals surface area contributed by atoms with E-state index in [2.05, 4.69) is 19.1 Å². The van der Waals surface area contributed by atoms with Gasteiger partial charge in [-0.1, -0.05) is 61.9 Å². The van der Waals surface area contributed by atoms with Crippen LogP contribution in [0.3, 0.4) is 0 Å². The Bertz CT molecular complexity index is 720. The summed E-state index contributed by atoms with van der Waals surface area (Å²) in [5.41, 5.74) is 2.17. The van der Waals surface area contributed by atoms with Crippen LogP contribution >= 0.6 is 0 Å². The Labute approximate surface area is 126 Å². The van der Waals surface area contributed by atoms with Gasteiger partial charge in [0.1, 0.15) is 0 Å². The van der Waals surface area contributed by atoms with E-state index in [-0.39, 0.29) is 17.6 Å². The number of rotatable bonds is 2. The van der Waals surface area contributed by atoms with Crippen LogP contribution in [0, 0.1) is 5.92 Å². The van der Waals surface area contributed by atoms with Crippen LogP contribution in [0.25, 0.3) is 0 Å². The van der Waals surface area contributed by atoms with Crippen LogP contribution in [-0.4, -0.2) is 14.2 Å². The number of benzene rings is 2. The first-order valence-electron chi connectivity index (χ1n) is 7.48. The summed E-state index contributed by atoms with van der Waals surface area (Å²) < 4.78 is 25.3. The second-order valence-corrected chi connectivity index (χ2v) is 7.80. The highest BCUT2D eigenvalue weighted by Crippen LogP contribution is 2.39. The molecule has 1 aliphatic heterocycles. The first-order valence-corrected chi connectivity index (χ1v) is 9.13. The van der Waals surface area contributed by atoms with Crippen molar-refractivity contribution in [3.8, 4) is 0 Å². The maximum Gasteiger partial charge on any atom is 0.178 e. The minimum absolute atomic E-state index is 0.171. The van der Waals surface area contributed by atoms with Crippen molar-refractivity contribution in [2.45, 2.75) is 30.6 Å². The molecule has 0 fully saturated rings. The largest absolute Gasteiger partial charge is 0.224 e. The minimum Gasteiger partial charge on any atom is -0.224 e. The molecule has 2 aromatic carbocycles. The normalized spacial score (nSPS) is 24.0. The standard InChI is InChI=1S/C18H20O2S/c1-2-14-12-17(15-8-4-3-5-9-15)16-10-6-7-11-18(16)21(19,20)13-14/h3-11,14,17H,2,12-13H2,1H3. The Morgan fingerprint density at radius 3 is 2.38 bits per heavy atom. The molecule has 1 aliphatic rings. The topological polar surface area (TPSA) is 34.1 Å². The fraction of sp³-hybridized carbons (Fsp3) is 0.333. The van der Waals surface area contributed by atoms with E-state index in [0.29, 0.717) is 4.90 Å². The van der Waals surface area contributed by atoms with Gasteiger partial charge < -0.3 is 0 Å². The van der Waals surface area contributed by atoms with Crippen LogP contribution in [0.2, 0.25) is 0 Å². The lowest BCUT2D eigenvalue weighted by Gasteiger charge is -2.20. The van der Waals surface area contributed by atoms with E-state index in [4.69, 9.17) is 0 Å². The zero-order valence-corrected chi connectivity index (χ0v) is 13.0. The quantitative estimate of drug-likeness (QED) is 0.839. The molecule has 0 N–H and O–H groups in total. The third-order valence-electron chi connectivity index (χ3n) is 4.43. The molecule has 0 saturated heterocycles. The van der Waals surface area contributed by atoms with Crippen molar-refractivity contribution >= 4 is 9.84 Å². The van der Waals surface area contributed by atoms with Gasteiger partial charge in [0, 0.05) is 5.92 Å². The summed E-state index contributed by atoms with van der Waals surface area (Å²) in [5, 5.41) is 0. The van der Waals surface area contributed by atoms with Crippen LogP contribution in [0.1, 0.15) is 36.8 Å². The van der Waals surface area contributed by atoms with Crippen LogP contribution < -0.4 is 0 Å². The fourth-order valence-corrected chi connectivity index (χ4v) is 5.29. The number of sulfone groups is 1. The number of hydrogen-bond donors (Lipinski definition) is 0. The fourth-order valence-electron chi connectivity index (χ4n) is 3.27. The summed E-state index contributed by atoms with van der Waals surface area (Å²) >= 11 is 0. The highest BCUT2D eigenvalue weighted by atomic mass is 32.2. The summed E-state index contributed by atoms with van der Waals surface area (Å²) in [6, 6.07) is 17.8. The number of hydrogen-bond acceptors (Lipinski definition) is 2. The van der Waals surface area contributed by atoms with Gasteiger partial charge in [-0.3, -0.25) is 0 Å². The Morgan fingerprint density at radius 1 is 1.00 bits per heavy atom. The van der Waals surface area contributed by atoms with Crippen molar-refractivity contribution in [1.29, 1.82) is 0 Å². The molecule has 0 saturated carbocycles. The average molecular weight is 300 g/mol. The molecule has 110 valence electrons. The molecule has 0 radical (unpaired) electrons. The van der Waals surface area contributed by atoms with Gasteiger partial charge in [-0.05, 0) is 29.5 Å². The Morgan fingerprint density at radius 2 is 1.67 bits per heavy atom. The highest BCUT2D eigenvalue weighted by Gasteiger charge is 2.32. The van der Waals surface area contributed by atoms with Gasteiger partial charge in [-0.25, -0.2) is 8.42 Å². The van der Waals surface area contributed by atoms with Gasteiger partial charge in [0.2, 0.25) is 0 Å². The zero-order chi connectivity index (χ0) is 14.9. The molecule has 2 aromatic rings. The lowest BCUT2D eigenvalue weighted by molar-refractivity contribution is 0.486. The van der Waals surface area contributed by atoms with E-state index in [1.807, 2.05) is 36.4 Å². The van der Waals surface area contributed by atoms with Gasteiger partial charge in [0.05, 0.1) is 10.6 Å². The van der Waals surface area contributed by atoms with Crippen molar-refractivity contribution in [1.82, 2.24) is 0 Å². The molecule has 2 nitrogen and oxygen atoms in total. The van der Waals surface area contributed by atoms with E-state index in [1.165, 1.54) is 5.56 Å². The van der Waals surface area contributed by atoms with E-state index < -0.39 is 9.84 Å². The lowest BCUT2D eigenvalue weighted by Crippen LogP contribution is -2.14. The van der Waals surface area contributed by atoms with Crippen molar-refractivity contribution in [2.24, 2.45) is 5.92 Å². The third kappa shape index (κ3) is 2.75.